The predicted molar refractivity (Wildman–Crippen MR) is 62.1 cm³/mol. The molecule has 0 amide bonds. The topological polar surface area (TPSA) is 0 Å². The molecule has 16 heavy (non-hydrogen) atoms. The van der Waals surface area contributed by atoms with Crippen molar-refractivity contribution in [1.82, 2.24) is 0 Å². The van der Waals surface area contributed by atoms with E-state index in [9.17, 15) is 8.78 Å². The highest BCUT2D eigenvalue weighted by Crippen LogP contribution is 2.32. The van der Waals surface area contributed by atoms with Crippen molar-refractivity contribution >= 4 is 5.57 Å². The molecule has 0 saturated carbocycles. The number of hydrogen-bond donors (Lipinski definition) is 0. The molecule has 84 valence electrons. The summed E-state index contributed by atoms with van der Waals surface area (Å²) in [5.41, 5.74) is 3.06. The lowest BCUT2D eigenvalue weighted by Crippen LogP contribution is -1.98. The van der Waals surface area contributed by atoms with E-state index in [4.69, 9.17) is 0 Å². The first-order valence-corrected chi connectivity index (χ1v) is 5.44. The van der Waals surface area contributed by atoms with E-state index < -0.39 is 11.6 Å². The van der Waals surface area contributed by atoms with Gasteiger partial charge in [-0.05, 0) is 60.6 Å². The molecule has 0 saturated heterocycles. The fourth-order valence-corrected chi connectivity index (χ4v) is 2.04. The average molecular weight is 220 g/mol. The molecule has 0 fully saturated rings. The summed E-state index contributed by atoms with van der Waals surface area (Å²) in [5, 5.41) is 0. The zero-order valence-electron chi connectivity index (χ0n) is 9.32. The fraction of sp³-hybridized carbons (Fsp3) is 0.286. The van der Waals surface area contributed by atoms with Gasteiger partial charge in [0.05, 0.1) is 0 Å². The molecule has 0 atom stereocenters. The highest BCUT2D eigenvalue weighted by Gasteiger charge is 2.14. The van der Waals surface area contributed by atoms with Gasteiger partial charge in [0.15, 0.2) is 11.6 Å². The standard InChI is InChI=1S/C14H14F2/c1-9-5-3-4-6-12(9)11-7-10(2)14(16)13(15)8-11/h6-8H,1,3-5H2,2H3. The third-order valence-electron chi connectivity index (χ3n) is 2.93. The lowest BCUT2D eigenvalue weighted by atomic mass is 9.89. The van der Waals surface area contributed by atoms with Crippen LogP contribution in [0.15, 0.2) is 30.4 Å². The molecule has 0 aromatic heterocycles. The quantitative estimate of drug-likeness (QED) is 0.658. The second kappa shape index (κ2) is 4.20. The van der Waals surface area contributed by atoms with Gasteiger partial charge in [0.1, 0.15) is 0 Å². The molecular formula is C14H14F2. The molecule has 0 aliphatic heterocycles. The molecule has 1 aromatic carbocycles. The van der Waals surface area contributed by atoms with Crippen LogP contribution in [0.1, 0.15) is 30.4 Å². The normalized spacial score (nSPS) is 16.2. The summed E-state index contributed by atoms with van der Waals surface area (Å²) in [5.74, 6) is -1.54. The van der Waals surface area contributed by atoms with Gasteiger partial charge in [0, 0.05) is 0 Å². The van der Waals surface area contributed by atoms with Crippen LogP contribution < -0.4 is 0 Å². The summed E-state index contributed by atoms with van der Waals surface area (Å²) in [6.45, 7) is 5.55. The van der Waals surface area contributed by atoms with Crippen LogP contribution >= 0.6 is 0 Å². The molecule has 0 nitrogen and oxygen atoms in total. The van der Waals surface area contributed by atoms with Crippen molar-refractivity contribution in [2.45, 2.75) is 26.2 Å². The van der Waals surface area contributed by atoms with Crippen LogP contribution in [0, 0.1) is 18.6 Å². The van der Waals surface area contributed by atoms with Gasteiger partial charge in [-0.1, -0.05) is 12.7 Å². The number of hydrogen-bond acceptors (Lipinski definition) is 0. The Balaban J connectivity index is 2.48. The number of allylic oxidation sites excluding steroid dienone is 3. The largest absolute Gasteiger partial charge is 0.204 e. The van der Waals surface area contributed by atoms with Crippen molar-refractivity contribution in [2.24, 2.45) is 0 Å². The predicted octanol–water partition coefficient (Wildman–Crippen LogP) is 4.40. The van der Waals surface area contributed by atoms with Crippen LogP contribution in [0.25, 0.3) is 5.57 Å². The lowest BCUT2D eigenvalue weighted by Gasteiger charge is -2.16. The Morgan fingerprint density at radius 1 is 1.25 bits per heavy atom. The van der Waals surface area contributed by atoms with Gasteiger partial charge in [-0.15, -0.1) is 0 Å². The zero-order valence-corrected chi connectivity index (χ0v) is 9.32. The molecule has 0 N–H and O–H groups in total. The van der Waals surface area contributed by atoms with Gasteiger partial charge in [0.25, 0.3) is 0 Å². The van der Waals surface area contributed by atoms with E-state index in [-0.39, 0.29) is 0 Å². The maximum absolute atomic E-state index is 13.3. The first-order chi connectivity index (χ1) is 7.59. The average Bonchev–Trinajstić information content (AvgIpc) is 2.26. The van der Waals surface area contributed by atoms with Crippen molar-refractivity contribution < 1.29 is 8.78 Å². The van der Waals surface area contributed by atoms with Crippen molar-refractivity contribution in [3.05, 3.63) is 53.1 Å². The van der Waals surface area contributed by atoms with Crippen LogP contribution in [0.4, 0.5) is 8.78 Å². The first-order valence-electron chi connectivity index (χ1n) is 5.44. The smallest absolute Gasteiger partial charge is 0.161 e. The van der Waals surface area contributed by atoms with E-state index in [0.717, 1.165) is 36.0 Å². The summed E-state index contributed by atoms with van der Waals surface area (Å²) in [4.78, 5) is 0. The van der Waals surface area contributed by atoms with Crippen LogP contribution in [0.2, 0.25) is 0 Å². The van der Waals surface area contributed by atoms with Crippen LogP contribution in [0.3, 0.4) is 0 Å². The molecule has 0 spiro atoms. The van der Waals surface area contributed by atoms with Gasteiger partial charge in [-0.2, -0.15) is 0 Å². The minimum atomic E-state index is -0.783. The number of halogens is 2. The van der Waals surface area contributed by atoms with Crippen LogP contribution in [-0.4, -0.2) is 0 Å². The third-order valence-corrected chi connectivity index (χ3v) is 2.93. The minimum absolute atomic E-state index is 0.342. The van der Waals surface area contributed by atoms with Crippen molar-refractivity contribution in [3.8, 4) is 0 Å². The van der Waals surface area contributed by atoms with Crippen molar-refractivity contribution in [1.29, 1.82) is 0 Å². The van der Waals surface area contributed by atoms with Gasteiger partial charge < -0.3 is 0 Å². The Hall–Kier alpha value is -1.44. The molecule has 0 bridgehead atoms. The third kappa shape index (κ3) is 1.92. The molecule has 2 rings (SSSR count). The summed E-state index contributed by atoms with van der Waals surface area (Å²) >= 11 is 0. The van der Waals surface area contributed by atoms with Gasteiger partial charge in [-0.25, -0.2) is 8.78 Å². The molecule has 0 unspecified atom stereocenters. The zero-order chi connectivity index (χ0) is 11.7. The number of benzene rings is 1. The Labute approximate surface area is 94.3 Å². The second-order valence-electron chi connectivity index (χ2n) is 4.20. The highest BCUT2D eigenvalue weighted by atomic mass is 19.2. The lowest BCUT2D eigenvalue weighted by molar-refractivity contribution is 0.502. The van der Waals surface area contributed by atoms with Gasteiger partial charge >= 0.3 is 0 Å². The van der Waals surface area contributed by atoms with E-state index in [2.05, 4.69) is 12.7 Å². The fourth-order valence-electron chi connectivity index (χ4n) is 2.04. The highest BCUT2D eigenvalue weighted by molar-refractivity contribution is 5.79. The van der Waals surface area contributed by atoms with E-state index >= 15 is 0 Å². The Kier molecular flexibility index (Phi) is 2.90. The molecule has 1 aromatic rings. The molecule has 0 radical (unpaired) electrons. The summed E-state index contributed by atoms with van der Waals surface area (Å²) in [6, 6.07) is 2.94. The molecule has 1 aliphatic carbocycles. The number of aryl methyl sites for hydroxylation is 1. The molecule has 0 heterocycles. The SMILES string of the molecule is C=C1CCCC=C1c1cc(C)c(F)c(F)c1. The van der Waals surface area contributed by atoms with E-state index in [1.165, 1.54) is 6.07 Å². The van der Waals surface area contributed by atoms with Crippen molar-refractivity contribution in [2.75, 3.05) is 0 Å². The van der Waals surface area contributed by atoms with Crippen LogP contribution in [-0.2, 0) is 0 Å². The maximum Gasteiger partial charge on any atom is 0.161 e. The summed E-state index contributed by atoms with van der Waals surface area (Å²) in [6.07, 6.45) is 5.05. The van der Waals surface area contributed by atoms with Gasteiger partial charge in [-0.3, -0.25) is 0 Å². The maximum atomic E-state index is 13.3. The Bertz CT molecular complexity index is 447. The molecule has 2 heteroatoms. The van der Waals surface area contributed by atoms with Crippen LogP contribution in [0.5, 0.6) is 0 Å². The Morgan fingerprint density at radius 3 is 2.62 bits per heavy atom. The van der Waals surface area contributed by atoms with E-state index in [0.29, 0.717) is 5.56 Å². The Morgan fingerprint density at radius 2 is 2.00 bits per heavy atom. The van der Waals surface area contributed by atoms with E-state index in [1.807, 2.05) is 0 Å². The monoisotopic (exact) mass is 220 g/mol. The molecular weight excluding hydrogens is 206 g/mol. The first kappa shape index (κ1) is 11.1. The summed E-state index contributed by atoms with van der Waals surface area (Å²) in [7, 11) is 0. The minimum Gasteiger partial charge on any atom is -0.204 e. The molecule has 1 aliphatic rings. The number of rotatable bonds is 1. The second-order valence-corrected chi connectivity index (χ2v) is 4.20. The van der Waals surface area contributed by atoms with Gasteiger partial charge in [0.2, 0.25) is 0 Å². The van der Waals surface area contributed by atoms with Crippen molar-refractivity contribution in [3.63, 3.8) is 0 Å². The van der Waals surface area contributed by atoms with E-state index in [1.54, 1.807) is 13.0 Å². The summed E-state index contributed by atoms with van der Waals surface area (Å²) < 4.78 is 26.4.